The minimum atomic E-state index is -0.280. The highest BCUT2D eigenvalue weighted by atomic mass is 16.2. The van der Waals surface area contributed by atoms with Gasteiger partial charge in [0.1, 0.15) is 0 Å². The highest BCUT2D eigenvalue weighted by molar-refractivity contribution is 5.86. The van der Waals surface area contributed by atoms with E-state index < -0.39 is 0 Å². The molecule has 4 nitrogen and oxygen atoms in total. The molecule has 1 aromatic heterocycles. The Morgan fingerprint density at radius 1 is 1.38 bits per heavy atom. The Hall–Kier alpha value is -1.81. The molecule has 0 bridgehead atoms. The number of fused-ring (bicyclic) bond motifs is 3. The summed E-state index contributed by atoms with van der Waals surface area (Å²) in [6.45, 7) is 5.44. The number of carbonyl (C=O) groups excluding carboxylic acids is 1. The predicted octanol–water partition coefficient (Wildman–Crippen LogP) is 2.57. The largest absolute Gasteiger partial charge is 0.358 e. The lowest BCUT2D eigenvalue weighted by Gasteiger charge is -2.28. The lowest BCUT2D eigenvalue weighted by Crippen LogP contribution is -2.38. The zero-order valence-electron chi connectivity index (χ0n) is 12.8. The molecule has 0 fully saturated rings. The minimum Gasteiger partial charge on any atom is -0.358 e. The molecule has 1 amide bonds. The first-order valence-electron chi connectivity index (χ1n) is 7.59. The molecule has 0 saturated heterocycles. The Labute approximate surface area is 125 Å². The number of benzene rings is 1. The molecule has 4 heteroatoms. The van der Waals surface area contributed by atoms with Gasteiger partial charge in [0.25, 0.3) is 0 Å². The van der Waals surface area contributed by atoms with Crippen LogP contribution in [0.15, 0.2) is 24.3 Å². The van der Waals surface area contributed by atoms with Crippen LogP contribution in [-0.4, -0.2) is 27.9 Å². The number of aromatic nitrogens is 1. The van der Waals surface area contributed by atoms with Crippen LogP contribution in [0.5, 0.6) is 0 Å². The highest BCUT2D eigenvalue weighted by Gasteiger charge is 2.24. The van der Waals surface area contributed by atoms with Gasteiger partial charge in [-0.15, -0.1) is 0 Å². The van der Waals surface area contributed by atoms with Gasteiger partial charge in [-0.25, -0.2) is 0 Å². The molecule has 0 unspecified atom stereocenters. The van der Waals surface area contributed by atoms with E-state index in [1.165, 1.54) is 22.2 Å². The predicted molar refractivity (Wildman–Crippen MR) is 84.9 cm³/mol. The summed E-state index contributed by atoms with van der Waals surface area (Å²) in [4.78, 5) is 17.8. The maximum atomic E-state index is 12.4. The Kier molecular flexibility index (Phi) is 3.49. The fraction of sp³-hybridized carbons (Fsp3) is 0.471. The van der Waals surface area contributed by atoms with Gasteiger partial charge in [0.15, 0.2) is 0 Å². The molecular formula is C17H23N3O. The summed E-state index contributed by atoms with van der Waals surface area (Å²) in [5.74, 6) is 0.212. The minimum absolute atomic E-state index is 0.212. The molecule has 21 heavy (non-hydrogen) atoms. The third-order valence-electron chi connectivity index (χ3n) is 4.22. The summed E-state index contributed by atoms with van der Waals surface area (Å²) in [5.41, 5.74) is 9.41. The maximum absolute atomic E-state index is 12.4. The van der Waals surface area contributed by atoms with Crippen molar-refractivity contribution in [1.29, 1.82) is 0 Å². The van der Waals surface area contributed by atoms with Crippen LogP contribution in [-0.2, 0) is 17.8 Å². The number of rotatable bonds is 3. The highest BCUT2D eigenvalue weighted by Crippen LogP contribution is 2.28. The lowest BCUT2D eigenvalue weighted by molar-refractivity contribution is -0.132. The molecule has 2 aromatic rings. The molecule has 3 rings (SSSR count). The van der Waals surface area contributed by atoms with E-state index in [4.69, 9.17) is 5.73 Å². The number of nitrogens with two attached hydrogens (primary N) is 1. The third kappa shape index (κ3) is 2.95. The SMILES string of the molecule is CC(C)(N)CCC(=O)N1CCc2[nH]c3ccccc3c2C1. The van der Waals surface area contributed by atoms with Gasteiger partial charge < -0.3 is 15.6 Å². The van der Waals surface area contributed by atoms with Crippen molar-refractivity contribution in [3.63, 3.8) is 0 Å². The summed E-state index contributed by atoms with van der Waals surface area (Å²) in [6.07, 6.45) is 2.16. The summed E-state index contributed by atoms with van der Waals surface area (Å²) in [7, 11) is 0. The number of aromatic amines is 1. The Morgan fingerprint density at radius 2 is 2.14 bits per heavy atom. The van der Waals surface area contributed by atoms with Crippen molar-refractivity contribution in [2.24, 2.45) is 5.73 Å². The van der Waals surface area contributed by atoms with Crippen molar-refractivity contribution in [2.75, 3.05) is 6.54 Å². The van der Waals surface area contributed by atoms with Gasteiger partial charge in [-0.1, -0.05) is 18.2 Å². The number of amides is 1. The van der Waals surface area contributed by atoms with Crippen LogP contribution in [0.2, 0.25) is 0 Å². The average Bonchev–Trinajstić information content (AvgIpc) is 2.81. The fourth-order valence-corrected chi connectivity index (χ4v) is 2.97. The molecule has 0 saturated carbocycles. The molecule has 1 aliphatic heterocycles. The van der Waals surface area contributed by atoms with Gasteiger partial charge in [-0.2, -0.15) is 0 Å². The van der Waals surface area contributed by atoms with Gasteiger partial charge in [0.2, 0.25) is 5.91 Å². The second-order valence-electron chi connectivity index (χ2n) is 6.68. The molecule has 3 N–H and O–H groups in total. The van der Waals surface area contributed by atoms with Crippen LogP contribution in [0.4, 0.5) is 0 Å². The van der Waals surface area contributed by atoms with Gasteiger partial charge >= 0.3 is 0 Å². The number of nitrogens with one attached hydrogen (secondary N) is 1. The van der Waals surface area contributed by atoms with Crippen LogP contribution in [0.25, 0.3) is 10.9 Å². The monoisotopic (exact) mass is 285 g/mol. The summed E-state index contributed by atoms with van der Waals surface area (Å²) in [6, 6.07) is 8.31. The van der Waals surface area contributed by atoms with Crippen molar-refractivity contribution in [3.05, 3.63) is 35.5 Å². The van der Waals surface area contributed by atoms with E-state index in [0.717, 1.165) is 19.4 Å². The summed E-state index contributed by atoms with van der Waals surface area (Å²) in [5, 5.41) is 1.24. The third-order valence-corrected chi connectivity index (χ3v) is 4.22. The maximum Gasteiger partial charge on any atom is 0.222 e. The van der Waals surface area contributed by atoms with Crippen LogP contribution in [0.1, 0.15) is 37.9 Å². The van der Waals surface area contributed by atoms with E-state index in [9.17, 15) is 4.79 Å². The second-order valence-corrected chi connectivity index (χ2v) is 6.68. The number of carbonyl (C=O) groups is 1. The first-order chi connectivity index (χ1) is 9.94. The molecular weight excluding hydrogens is 262 g/mol. The lowest BCUT2D eigenvalue weighted by atomic mass is 9.98. The van der Waals surface area contributed by atoms with E-state index >= 15 is 0 Å². The Morgan fingerprint density at radius 3 is 2.90 bits per heavy atom. The van der Waals surface area contributed by atoms with E-state index in [-0.39, 0.29) is 11.4 Å². The second kappa shape index (κ2) is 5.19. The zero-order chi connectivity index (χ0) is 15.0. The van der Waals surface area contributed by atoms with Crippen molar-refractivity contribution in [2.45, 2.75) is 45.2 Å². The van der Waals surface area contributed by atoms with Gasteiger partial charge in [0, 0.05) is 53.6 Å². The molecule has 112 valence electrons. The van der Waals surface area contributed by atoms with Crippen LogP contribution >= 0.6 is 0 Å². The van der Waals surface area contributed by atoms with Crippen molar-refractivity contribution in [3.8, 4) is 0 Å². The first-order valence-corrected chi connectivity index (χ1v) is 7.59. The molecule has 0 spiro atoms. The molecule has 1 aromatic carbocycles. The van der Waals surface area contributed by atoms with E-state index in [0.29, 0.717) is 13.0 Å². The van der Waals surface area contributed by atoms with E-state index in [2.05, 4.69) is 17.1 Å². The average molecular weight is 285 g/mol. The number of hydrogen-bond donors (Lipinski definition) is 2. The standard InChI is InChI=1S/C17H23N3O/c1-17(2,18)9-7-16(21)20-10-8-15-13(11-20)12-5-3-4-6-14(12)19-15/h3-6,19H,7-11,18H2,1-2H3. The van der Waals surface area contributed by atoms with Gasteiger partial charge in [-0.3, -0.25) is 4.79 Å². The molecule has 0 aliphatic carbocycles. The van der Waals surface area contributed by atoms with Crippen molar-refractivity contribution >= 4 is 16.8 Å². The Bertz CT molecular complexity index is 666. The molecule has 0 atom stereocenters. The van der Waals surface area contributed by atoms with Crippen molar-refractivity contribution < 1.29 is 4.79 Å². The van der Waals surface area contributed by atoms with E-state index in [1.807, 2.05) is 30.9 Å². The number of hydrogen-bond acceptors (Lipinski definition) is 2. The number of nitrogens with zero attached hydrogens (tertiary/aromatic N) is 1. The molecule has 2 heterocycles. The van der Waals surface area contributed by atoms with Crippen LogP contribution in [0.3, 0.4) is 0 Å². The Balaban J connectivity index is 1.76. The zero-order valence-corrected chi connectivity index (χ0v) is 12.8. The first kappa shape index (κ1) is 14.1. The topological polar surface area (TPSA) is 62.1 Å². The smallest absolute Gasteiger partial charge is 0.222 e. The van der Waals surface area contributed by atoms with Crippen molar-refractivity contribution in [1.82, 2.24) is 9.88 Å². The fourth-order valence-electron chi connectivity index (χ4n) is 2.97. The summed E-state index contributed by atoms with van der Waals surface area (Å²) < 4.78 is 0. The normalized spacial score (nSPS) is 15.3. The van der Waals surface area contributed by atoms with E-state index in [1.54, 1.807) is 0 Å². The summed E-state index contributed by atoms with van der Waals surface area (Å²) >= 11 is 0. The quantitative estimate of drug-likeness (QED) is 0.910. The van der Waals surface area contributed by atoms with Crippen LogP contribution < -0.4 is 5.73 Å². The number of para-hydroxylation sites is 1. The molecule has 1 aliphatic rings. The van der Waals surface area contributed by atoms with Crippen LogP contribution in [0, 0.1) is 0 Å². The van der Waals surface area contributed by atoms with Gasteiger partial charge in [-0.05, 0) is 26.3 Å². The molecule has 0 radical (unpaired) electrons. The van der Waals surface area contributed by atoms with Gasteiger partial charge in [0.05, 0.1) is 0 Å². The number of H-pyrrole nitrogens is 1.